The fourth-order valence-electron chi connectivity index (χ4n) is 4.49. The minimum Gasteiger partial charge on any atom is -0.497 e. The van der Waals surface area contributed by atoms with E-state index in [0.29, 0.717) is 5.57 Å². The van der Waals surface area contributed by atoms with Crippen LogP contribution in [-0.2, 0) is 27.2 Å². The van der Waals surface area contributed by atoms with Gasteiger partial charge in [-0.05, 0) is 25.5 Å². The lowest BCUT2D eigenvalue weighted by Crippen LogP contribution is -2.42. The first-order valence-corrected chi connectivity index (χ1v) is 8.97. The van der Waals surface area contributed by atoms with E-state index in [0.717, 1.165) is 24.2 Å². The monoisotopic (exact) mass is 348 g/mol. The molecule has 5 nitrogen and oxygen atoms in total. The first kappa shape index (κ1) is 15.4. The normalized spacial score (nSPS) is 24.5. The Bertz CT molecular complexity index is 1020. The van der Waals surface area contributed by atoms with Gasteiger partial charge in [0.1, 0.15) is 6.10 Å². The minimum absolute atomic E-state index is 0.0662. The third-order valence-corrected chi connectivity index (χ3v) is 5.89. The van der Waals surface area contributed by atoms with Gasteiger partial charge < -0.3 is 14.0 Å². The van der Waals surface area contributed by atoms with Gasteiger partial charge in [0.25, 0.3) is 0 Å². The zero-order valence-electron chi connectivity index (χ0n) is 14.8. The molecule has 0 amide bonds. The van der Waals surface area contributed by atoms with Crippen LogP contribution < -0.4 is 0 Å². The van der Waals surface area contributed by atoms with Crippen molar-refractivity contribution in [3.63, 3.8) is 0 Å². The number of hydrogen-bond acceptors (Lipinski definition) is 4. The summed E-state index contributed by atoms with van der Waals surface area (Å²) in [6.07, 6.45) is 4.57. The van der Waals surface area contributed by atoms with Crippen molar-refractivity contribution in [2.45, 2.75) is 26.0 Å². The molecule has 1 aromatic rings. The SMILES string of the molecule is COC(=O)C1=CO[C@H](C)C2Cn3ccc4c5ccccc5nc-4c3CC12. The van der Waals surface area contributed by atoms with Crippen LogP contribution in [0.4, 0.5) is 0 Å². The highest BCUT2D eigenvalue weighted by molar-refractivity contribution is 5.98. The van der Waals surface area contributed by atoms with Gasteiger partial charge in [-0.1, -0.05) is 18.2 Å². The maximum atomic E-state index is 12.3. The summed E-state index contributed by atoms with van der Waals surface area (Å²) in [5.74, 6) is 0.0400. The molecule has 26 heavy (non-hydrogen) atoms. The van der Waals surface area contributed by atoms with Crippen LogP contribution in [0.3, 0.4) is 0 Å². The van der Waals surface area contributed by atoms with Crippen molar-refractivity contribution in [3.05, 3.63) is 54.1 Å². The molecule has 132 valence electrons. The van der Waals surface area contributed by atoms with Gasteiger partial charge in [-0.2, -0.15) is 0 Å². The second-order valence-corrected chi connectivity index (χ2v) is 7.19. The summed E-state index contributed by atoms with van der Waals surface area (Å²) in [6, 6.07) is 10.4. The summed E-state index contributed by atoms with van der Waals surface area (Å²) >= 11 is 0. The second-order valence-electron chi connectivity index (χ2n) is 7.19. The lowest BCUT2D eigenvalue weighted by molar-refractivity contribution is -0.138. The molecule has 0 radical (unpaired) electrons. The van der Waals surface area contributed by atoms with Crippen molar-refractivity contribution >= 4 is 16.9 Å². The number of hydrogen-bond donors (Lipinski definition) is 0. The van der Waals surface area contributed by atoms with Gasteiger partial charge in [-0.25, -0.2) is 9.78 Å². The number of carbonyl (C=O) groups excluding carboxylic acids is 1. The predicted molar refractivity (Wildman–Crippen MR) is 97.7 cm³/mol. The van der Waals surface area contributed by atoms with Gasteiger partial charge in [-0.15, -0.1) is 0 Å². The van der Waals surface area contributed by atoms with Gasteiger partial charge in [0.2, 0.25) is 0 Å². The number of rotatable bonds is 1. The number of esters is 1. The first-order chi connectivity index (χ1) is 12.7. The van der Waals surface area contributed by atoms with Crippen molar-refractivity contribution in [1.82, 2.24) is 9.55 Å². The largest absolute Gasteiger partial charge is 0.497 e. The summed E-state index contributed by atoms with van der Waals surface area (Å²) in [5.41, 5.74) is 5.05. The number of para-hydroxylation sites is 1. The molecule has 0 aliphatic carbocycles. The molecule has 2 unspecified atom stereocenters. The Labute approximate surface area is 151 Å². The lowest BCUT2D eigenvalue weighted by Gasteiger charge is -2.41. The zero-order valence-corrected chi connectivity index (χ0v) is 14.8. The molecule has 0 aromatic heterocycles. The van der Waals surface area contributed by atoms with Gasteiger partial charge in [0.15, 0.2) is 0 Å². The van der Waals surface area contributed by atoms with Crippen molar-refractivity contribution in [3.8, 4) is 11.3 Å². The van der Waals surface area contributed by atoms with E-state index >= 15 is 0 Å². The number of pyridine rings is 1. The van der Waals surface area contributed by atoms with Crippen molar-refractivity contribution in [2.24, 2.45) is 11.8 Å². The molecule has 3 atom stereocenters. The summed E-state index contributed by atoms with van der Waals surface area (Å²) < 4.78 is 13.0. The van der Waals surface area contributed by atoms with E-state index in [1.807, 2.05) is 18.2 Å². The number of nitrogens with zero attached hydrogens (tertiary/aromatic N) is 2. The van der Waals surface area contributed by atoms with Gasteiger partial charge >= 0.3 is 5.97 Å². The average Bonchev–Trinajstić information content (AvgIpc) is 3.06. The molecule has 0 saturated carbocycles. The summed E-state index contributed by atoms with van der Waals surface area (Å²) in [5, 5.41) is 1.18. The van der Waals surface area contributed by atoms with Crippen molar-refractivity contribution in [1.29, 1.82) is 0 Å². The highest BCUT2D eigenvalue weighted by Gasteiger charge is 2.42. The van der Waals surface area contributed by atoms with Gasteiger partial charge in [0, 0.05) is 41.2 Å². The fourth-order valence-corrected chi connectivity index (χ4v) is 4.49. The standard InChI is InChI=1S/C21H20N2O3/c1-12-16-10-23-8-7-14-13-5-3-4-6-18(13)22-20(14)19(23)9-15(16)17(11-26-12)21(24)25-2/h3-8,11-12,15-16H,9-10H2,1-2H3/t12-,15?,16?/m1/s1. The Hall–Kier alpha value is -2.82. The molecule has 0 bridgehead atoms. The van der Waals surface area contributed by atoms with E-state index in [-0.39, 0.29) is 23.9 Å². The Balaban J connectivity index is 1.66. The number of carbonyl (C=O) groups is 1. The topological polar surface area (TPSA) is 53.4 Å². The number of ether oxygens (including phenoxy) is 2. The molecule has 5 rings (SSSR count). The van der Waals surface area contributed by atoms with E-state index in [4.69, 9.17) is 14.5 Å². The molecule has 4 aliphatic rings. The van der Waals surface area contributed by atoms with Crippen LogP contribution in [-0.4, -0.2) is 28.7 Å². The molecule has 1 aromatic carbocycles. The Morgan fingerprint density at radius 1 is 1.31 bits per heavy atom. The summed E-state index contributed by atoms with van der Waals surface area (Å²) in [6.45, 7) is 2.88. The Kier molecular flexibility index (Phi) is 3.32. The van der Waals surface area contributed by atoms with E-state index in [9.17, 15) is 4.79 Å². The highest BCUT2D eigenvalue weighted by Crippen LogP contribution is 2.42. The van der Waals surface area contributed by atoms with Crippen LogP contribution in [0.2, 0.25) is 0 Å². The third-order valence-electron chi connectivity index (χ3n) is 5.89. The molecule has 0 saturated heterocycles. The maximum Gasteiger partial charge on any atom is 0.337 e. The molecule has 0 N–H and O–H groups in total. The van der Waals surface area contributed by atoms with Crippen LogP contribution in [0.1, 0.15) is 12.6 Å². The summed E-state index contributed by atoms with van der Waals surface area (Å²) in [7, 11) is 1.42. The van der Waals surface area contributed by atoms with Crippen LogP contribution in [0.25, 0.3) is 22.2 Å². The number of methoxy groups -OCH3 is 1. The number of fused-ring (bicyclic) bond motifs is 6. The molecular formula is C21H20N2O3. The second kappa shape index (κ2) is 5.59. The van der Waals surface area contributed by atoms with Gasteiger partial charge in [-0.3, -0.25) is 0 Å². The van der Waals surface area contributed by atoms with Crippen LogP contribution in [0.5, 0.6) is 0 Å². The maximum absolute atomic E-state index is 12.3. The molecule has 4 heterocycles. The minimum atomic E-state index is -0.298. The van der Waals surface area contributed by atoms with Crippen molar-refractivity contribution < 1.29 is 14.3 Å². The van der Waals surface area contributed by atoms with Crippen molar-refractivity contribution in [2.75, 3.05) is 7.11 Å². The predicted octanol–water partition coefficient (Wildman–Crippen LogP) is 3.41. The average molecular weight is 348 g/mol. The third kappa shape index (κ3) is 2.09. The van der Waals surface area contributed by atoms with E-state index in [2.05, 4.69) is 29.8 Å². The van der Waals surface area contributed by atoms with E-state index in [1.54, 1.807) is 6.26 Å². The Morgan fingerprint density at radius 2 is 2.15 bits per heavy atom. The molecular weight excluding hydrogens is 328 g/mol. The Morgan fingerprint density at radius 3 is 3.00 bits per heavy atom. The van der Waals surface area contributed by atoms with Crippen LogP contribution in [0.15, 0.2) is 48.4 Å². The van der Waals surface area contributed by atoms with Crippen LogP contribution >= 0.6 is 0 Å². The highest BCUT2D eigenvalue weighted by atomic mass is 16.5. The molecule has 5 heteroatoms. The zero-order chi connectivity index (χ0) is 17.8. The van der Waals surface area contributed by atoms with Crippen LogP contribution in [0, 0.1) is 11.8 Å². The molecule has 4 aliphatic heterocycles. The first-order valence-electron chi connectivity index (χ1n) is 8.97. The number of aromatic nitrogens is 2. The number of benzene rings is 1. The fraction of sp³-hybridized carbons (Fsp3) is 0.333. The smallest absolute Gasteiger partial charge is 0.337 e. The lowest BCUT2D eigenvalue weighted by atomic mass is 9.75. The quantitative estimate of drug-likeness (QED) is 0.633. The summed E-state index contributed by atoms with van der Waals surface area (Å²) in [4.78, 5) is 17.1. The van der Waals surface area contributed by atoms with Gasteiger partial charge in [0.05, 0.1) is 30.2 Å². The van der Waals surface area contributed by atoms with E-state index < -0.39 is 0 Å². The van der Waals surface area contributed by atoms with E-state index in [1.165, 1.54) is 23.8 Å². The molecule has 0 spiro atoms. The molecule has 0 fully saturated rings.